The minimum atomic E-state index is 0.860. The maximum absolute atomic E-state index is 4.41. The summed E-state index contributed by atoms with van der Waals surface area (Å²) in [5.41, 5.74) is 2.62. The molecule has 2 nitrogen and oxygen atoms in total. The van der Waals surface area contributed by atoms with Crippen molar-refractivity contribution in [2.24, 2.45) is 9.98 Å². The second kappa shape index (κ2) is 2.37. The predicted octanol–water partition coefficient (Wildman–Crippen LogP) is 1.23. The molecule has 0 aromatic heterocycles. The largest absolute Gasteiger partial charge is 0.292 e. The smallest absolute Gasteiger partial charge is 0.0650 e. The molecule has 2 heteroatoms. The Balaban J connectivity index is 2.30. The number of nitrogens with zero attached hydrogens (tertiary/aromatic N) is 2. The summed E-state index contributed by atoms with van der Waals surface area (Å²) in [6, 6.07) is 0. The highest BCUT2D eigenvalue weighted by Crippen LogP contribution is 2.12. The van der Waals surface area contributed by atoms with Gasteiger partial charge in [0.2, 0.25) is 0 Å². The minimum Gasteiger partial charge on any atom is -0.292 e. The third-order valence-corrected chi connectivity index (χ3v) is 1.87. The first-order chi connectivity index (χ1) is 4.97. The van der Waals surface area contributed by atoms with Crippen LogP contribution in [0.15, 0.2) is 21.6 Å². The predicted molar refractivity (Wildman–Crippen MR) is 43.0 cm³/mol. The molecule has 2 aliphatic heterocycles. The minimum absolute atomic E-state index is 0.860. The number of hydrogen-bond acceptors (Lipinski definition) is 2. The van der Waals surface area contributed by atoms with Crippen molar-refractivity contribution in [3.05, 3.63) is 11.6 Å². The number of fused-ring (bicyclic) bond motifs is 1. The van der Waals surface area contributed by atoms with Crippen LogP contribution in [0.1, 0.15) is 12.8 Å². The fourth-order valence-electron chi connectivity index (χ4n) is 1.32. The Morgan fingerprint density at radius 1 is 1.40 bits per heavy atom. The summed E-state index contributed by atoms with van der Waals surface area (Å²) < 4.78 is 0. The van der Waals surface area contributed by atoms with Gasteiger partial charge in [-0.3, -0.25) is 9.98 Å². The van der Waals surface area contributed by atoms with Gasteiger partial charge >= 0.3 is 0 Å². The normalized spacial score (nSPS) is 23.2. The lowest BCUT2D eigenvalue weighted by Gasteiger charge is -2.14. The monoisotopic (exact) mass is 134 g/mol. The maximum Gasteiger partial charge on any atom is 0.0650 e. The van der Waals surface area contributed by atoms with Crippen LogP contribution in [-0.2, 0) is 0 Å². The van der Waals surface area contributed by atoms with Crippen LogP contribution in [0.25, 0.3) is 0 Å². The zero-order valence-corrected chi connectivity index (χ0v) is 5.88. The molecule has 0 aromatic carbocycles. The van der Waals surface area contributed by atoms with Gasteiger partial charge in [-0.15, -0.1) is 0 Å². The molecule has 0 atom stereocenters. The van der Waals surface area contributed by atoms with Gasteiger partial charge in [-0.1, -0.05) is 6.08 Å². The van der Waals surface area contributed by atoms with Gasteiger partial charge < -0.3 is 0 Å². The molecule has 10 heavy (non-hydrogen) atoms. The lowest BCUT2D eigenvalue weighted by molar-refractivity contribution is 0.952. The summed E-state index contributed by atoms with van der Waals surface area (Å²) in [6.07, 6.45) is 6.28. The van der Waals surface area contributed by atoms with E-state index < -0.39 is 0 Å². The van der Waals surface area contributed by atoms with Crippen LogP contribution in [0.3, 0.4) is 0 Å². The third kappa shape index (κ3) is 0.897. The molecule has 2 heterocycles. The van der Waals surface area contributed by atoms with E-state index in [2.05, 4.69) is 16.1 Å². The number of hydrogen-bond donors (Lipinski definition) is 0. The van der Waals surface area contributed by atoms with E-state index in [0.717, 1.165) is 25.9 Å². The van der Waals surface area contributed by atoms with Crippen molar-refractivity contribution >= 4 is 11.9 Å². The molecule has 2 aliphatic rings. The molecule has 0 saturated carbocycles. The second-order valence-electron chi connectivity index (χ2n) is 2.57. The Kier molecular flexibility index (Phi) is 1.38. The fraction of sp³-hybridized carbons (Fsp3) is 0.500. The van der Waals surface area contributed by atoms with E-state index in [1.165, 1.54) is 11.3 Å². The lowest BCUT2D eigenvalue weighted by Crippen LogP contribution is -2.15. The maximum atomic E-state index is 4.41. The first-order valence-electron chi connectivity index (χ1n) is 3.68. The van der Waals surface area contributed by atoms with Gasteiger partial charge in [0, 0.05) is 24.9 Å². The molecule has 52 valence electrons. The molecule has 2 rings (SSSR count). The van der Waals surface area contributed by atoms with Crippen LogP contribution in [0.2, 0.25) is 0 Å². The van der Waals surface area contributed by atoms with E-state index in [1.807, 2.05) is 6.21 Å². The van der Waals surface area contributed by atoms with E-state index in [1.54, 1.807) is 0 Å². The molecule has 0 spiro atoms. The molecule has 0 bridgehead atoms. The molecule has 0 fully saturated rings. The first-order valence-corrected chi connectivity index (χ1v) is 3.68. The number of rotatable bonds is 0. The summed E-state index contributed by atoms with van der Waals surface area (Å²) in [5.74, 6) is 0. The summed E-state index contributed by atoms with van der Waals surface area (Å²) in [4.78, 5) is 8.60. The summed E-state index contributed by atoms with van der Waals surface area (Å²) in [7, 11) is 0. The van der Waals surface area contributed by atoms with E-state index in [-0.39, 0.29) is 0 Å². The van der Waals surface area contributed by atoms with E-state index in [9.17, 15) is 0 Å². The highest BCUT2D eigenvalue weighted by molar-refractivity contribution is 6.09. The van der Waals surface area contributed by atoms with Crippen LogP contribution >= 0.6 is 0 Å². The zero-order chi connectivity index (χ0) is 6.81. The summed E-state index contributed by atoms with van der Waals surface area (Å²) in [5, 5.41) is 0. The van der Waals surface area contributed by atoms with Crippen molar-refractivity contribution in [2.75, 3.05) is 13.1 Å². The summed E-state index contributed by atoms with van der Waals surface area (Å²) in [6.45, 7) is 1.84. The standard InChI is InChI=1S/C8H10N2/c1-2-7-6-9-5-3-8(7)10-4-1/h2,5H,1,3-4,6H2. The molecular formula is C8H10N2. The van der Waals surface area contributed by atoms with Crippen LogP contribution in [0, 0.1) is 0 Å². The number of dihydropyridines is 1. The van der Waals surface area contributed by atoms with Crippen molar-refractivity contribution in [1.29, 1.82) is 0 Å². The average Bonchev–Trinajstić information content (AvgIpc) is 2.05. The molecule has 0 N–H and O–H groups in total. The van der Waals surface area contributed by atoms with Crippen molar-refractivity contribution in [3.8, 4) is 0 Å². The van der Waals surface area contributed by atoms with Crippen LogP contribution in [-0.4, -0.2) is 25.0 Å². The average molecular weight is 134 g/mol. The van der Waals surface area contributed by atoms with Gasteiger partial charge in [-0.25, -0.2) is 0 Å². The van der Waals surface area contributed by atoms with Gasteiger partial charge in [-0.2, -0.15) is 0 Å². The zero-order valence-electron chi connectivity index (χ0n) is 5.88. The Morgan fingerprint density at radius 2 is 2.40 bits per heavy atom. The van der Waals surface area contributed by atoms with Crippen molar-refractivity contribution in [2.45, 2.75) is 12.8 Å². The van der Waals surface area contributed by atoms with E-state index in [0.29, 0.717) is 0 Å². The molecule has 0 aromatic rings. The lowest BCUT2D eigenvalue weighted by atomic mass is 10.0. The van der Waals surface area contributed by atoms with Crippen molar-refractivity contribution in [1.82, 2.24) is 0 Å². The van der Waals surface area contributed by atoms with Gasteiger partial charge in [0.05, 0.1) is 6.54 Å². The topological polar surface area (TPSA) is 24.7 Å². The highest BCUT2D eigenvalue weighted by Gasteiger charge is 2.11. The Bertz CT molecular complexity index is 199. The molecule has 0 amide bonds. The molecular weight excluding hydrogens is 124 g/mol. The van der Waals surface area contributed by atoms with Gasteiger partial charge in [0.1, 0.15) is 0 Å². The molecule has 0 unspecified atom stereocenters. The van der Waals surface area contributed by atoms with Crippen molar-refractivity contribution in [3.63, 3.8) is 0 Å². The fourth-order valence-corrected chi connectivity index (χ4v) is 1.32. The third-order valence-electron chi connectivity index (χ3n) is 1.87. The van der Waals surface area contributed by atoms with Crippen LogP contribution in [0.5, 0.6) is 0 Å². The van der Waals surface area contributed by atoms with Crippen LogP contribution < -0.4 is 0 Å². The second-order valence-corrected chi connectivity index (χ2v) is 2.57. The van der Waals surface area contributed by atoms with E-state index >= 15 is 0 Å². The first kappa shape index (κ1) is 5.83. The van der Waals surface area contributed by atoms with Crippen LogP contribution in [0.4, 0.5) is 0 Å². The molecule has 0 aliphatic carbocycles. The highest BCUT2D eigenvalue weighted by atomic mass is 14.8. The van der Waals surface area contributed by atoms with E-state index in [4.69, 9.17) is 0 Å². The SMILES string of the molecule is C1=NCC2=CCCN=C2C1. The van der Waals surface area contributed by atoms with Gasteiger partial charge in [-0.05, 0) is 12.0 Å². The Labute approximate surface area is 60.4 Å². The van der Waals surface area contributed by atoms with Gasteiger partial charge in [0.25, 0.3) is 0 Å². The Morgan fingerprint density at radius 3 is 3.30 bits per heavy atom. The summed E-state index contributed by atoms with van der Waals surface area (Å²) >= 11 is 0. The number of aliphatic imine (C=N–C) groups is 2. The molecule has 0 radical (unpaired) electrons. The molecule has 0 saturated heterocycles. The van der Waals surface area contributed by atoms with Crippen molar-refractivity contribution < 1.29 is 0 Å². The Hall–Kier alpha value is -0.920. The van der Waals surface area contributed by atoms with Gasteiger partial charge in [0.15, 0.2) is 0 Å². The quantitative estimate of drug-likeness (QED) is 0.476.